The smallest absolute Gasteiger partial charge is 0.0812 e. The lowest BCUT2D eigenvalue weighted by atomic mass is 10.2. The molecule has 0 saturated carbocycles. The molecule has 0 aromatic carbocycles. The topological polar surface area (TPSA) is 21.3 Å². The van der Waals surface area contributed by atoms with Gasteiger partial charge in [-0.1, -0.05) is 19.9 Å². The minimum Gasteiger partial charge on any atom is -0.373 e. The van der Waals surface area contributed by atoms with Gasteiger partial charge in [0.05, 0.1) is 12.7 Å². The summed E-state index contributed by atoms with van der Waals surface area (Å²) in [5, 5.41) is 5.55. The van der Waals surface area contributed by atoms with Crippen molar-refractivity contribution < 1.29 is 4.74 Å². The molecule has 1 heterocycles. The number of nitrogens with one attached hydrogen (secondary N) is 1. The zero-order valence-corrected chi connectivity index (χ0v) is 12.1. The Hall–Kier alpha value is -0.380. The molecule has 0 bridgehead atoms. The molecule has 0 spiro atoms. The summed E-state index contributed by atoms with van der Waals surface area (Å²) in [5.74, 6) is 0.738. The average molecular weight is 255 g/mol. The minimum atomic E-state index is 0.359. The van der Waals surface area contributed by atoms with Crippen LogP contribution in [0.15, 0.2) is 17.5 Å². The molecular formula is C14H25NOS. The van der Waals surface area contributed by atoms with E-state index in [9.17, 15) is 0 Å². The molecule has 2 nitrogen and oxygen atoms in total. The van der Waals surface area contributed by atoms with E-state index in [1.165, 1.54) is 11.3 Å². The first-order valence-electron chi connectivity index (χ1n) is 6.53. The van der Waals surface area contributed by atoms with Gasteiger partial charge in [0.25, 0.3) is 0 Å². The number of thiophene rings is 1. The fourth-order valence-electron chi connectivity index (χ4n) is 1.61. The van der Waals surface area contributed by atoms with Crippen LogP contribution in [0.5, 0.6) is 0 Å². The van der Waals surface area contributed by atoms with Gasteiger partial charge in [0, 0.05) is 4.88 Å². The lowest BCUT2D eigenvalue weighted by molar-refractivity contribution is 0.0479. The average Bonchev–Trinajstić information content (AvgIpc) is 2.78. The van der Waals surface area contributed by atoms with Crippen molar-refractivity contribution in [1.29, 1.82) is 0 Å². The van der Waals surface area contributed by atoms with E-state index in [0.717, 1.165) is 32.0 Å². The van der Waals surface area contributed by atoms with Crippen LogP contribution < -0.4 is 5.32 Å². The molecule has 17 heavy (non-hydrogen) atoms. The number of ether oxygens (including phenoxy) is 1. The Balaban J connectivity index is 1.96. The maximum absolute atomic E-state index is 5.80. The van der Waals surface area contributed by atoms with E-state index >= 15 is 0 Å². The van der Waals surface area contributed by atoms with Crippen molar-refractivity contribution in [2.24, 2.45) is 5.92 Å². The SMILES string of the molecule is CC(C)CNCCCC(C)OCc1cccs1. The summed E-state index contributed by atoms with van der Waals surface area (Å²) >= 11 is 1.76. The third-order valence-corrected chi connectivity index (χ3v) is 3.46. The summed E-state index contributed by atoms with van der Waals surface area (Å²) in [6.07, 6.45) is 2.69. The van der Waals surface area contributed by atoms with Crippen molar-refractivity contribution in [1.82, 2.24) is 5.32 Å². The Morgan fingerprint density at radius 1 is 1.35 bits per heavy atom. The summed E-state index contributed by atoms with van der Waals surface area (Å²) in [6, 6.07) is 4.20. The van der Waals surface area contributed by atoms with E-state index in [-0.39, 0.29) is 0 Å². The molecule has 0 amide bonds. The summed E-state index contributed by atoms with van der Waals surface area (Å²) in [5.41, 5.74) is 0. The van der Waals surface area contributed by atoms with E-state index < -0.39 is 0 Å². The quantitative estimate of drug-likeness (QED) is 0.680. The fourth-order valence-corrected chi connectivity index (χ4v) is 2.23. The molecule has 0 fully saturated rings. The van der Waals surface area contributed by atoms with E-state index in [2.05, 4.69) is 43.6 Å². The monoisotopic (exact) mass is 255 g/mol. The highest BCUT2D eigenvalue weighted by molar-refractivity contribution is 7.09. The predicted octanol–water partition coefficient (Wildman–Crippen LogP) is 3.68. The molecule has 1 N–H and O–H groups in total. The lowest BCUT2D eigenvalue weighted by Crippen LogP contribution is -2.21. The van der Waals surface area contributed by atoms with Crippen LogP contribution in [0.25, 0.3) is 0 Å². The van der Waals surface area contributed by atoms with Crippen LogP contribution in [0.4, 0.5) is 0 Å². The Morgan fingerprint density at radius 3 is 2.82 bits per heavy atom. The number of rotatable bonds is 9. The Labute approximate surface area is 109 Å². The third-order valence-electron chi connectivity index (χ3n) is 2.61. The normalized spacial score (nSPS) is 13.2. The maximum atomic E-state index is 5.80. The van der Waals surface area contributed by atoms with Crippen molar-refractivity contribution in [3.8, 4) is 0 Å². The number of hydrogen-bond donors (Lipinski definition) is 1. The summed E-state index contributed by atoms with van der Waals surface area (Å²) < 4.78 is 5.80. The second-order valence-electron chi connectivity index (χ2n) is 4.94. The van der Waals surface area contributed by atoms with Crippen LogP contribution in [-0.2, 0) is 11.3 Å². The highest BCUT2D eigenvalue weighted by Gasteiger charge is 2.03. The zero-order valence-electron chi connectivity index (χ0n) is 11.2. The molecule has 1 unspecified atom stereocenters. The van der Waals surface area contributed by atoms with Crippen molar-refractivity contribution in [2.75, 3.05) is 13.1 Å². The molecule has 1 rings (SSSR count). The summed E-state index contributed by atoms with van der Waals surface area (Å²) in [7, 11) is 0. The van der Waals surface area contributed by atoms with Gasteiger partial charge >= 0.3 is 0 Å². The van der Waals surface area contributed by atoms with E-state index in [4.69, 9.17) is 4.74 Å². The van der Waals surface area contributed by atoms with Gasteiger partial charge < -0.3 is 10.1 Å². The second-order valence-corrected chi connectivity index (χ2v) is 5.97. The highest BCUT2D eigenvalue weighted by atomic mass is 32.1. The van der Waals surface area contributed by atoms with E-state index in [1.54, 1.807) is 11.3 Å². The molecule has 0 aliphatic rings. The Bertz CT molecular complexity index is 272. The summed E-state index contributed by atoms with van der Waals surface area (Å²) in [4.78, 5) is 1.31. The third kappa shape index (κ3) is 7.53. The van der Waals surface area contributed by atoms with Gasteiger partial charge in [0.1, 0.15) is 0 Å². The van der Waals surface area contributed by atoms with Crippen molar-refractivity contribution in [3.63, 3.8) is 0 Å². The molecular weight excluding hydrogens is 230 g/mol. The van der Waals surface area contributed by atoms with Gasteiger partial charge in [-0.15, -0.1) is 11.3 Å². The second kappa shape index (κ2) is 8.67. The Kier molecular flexibility index (Phi) is 7.49. The summed E-state index contributed by atoms with van der Waals surface area (Å²) in [6.45, 7) is 9.61. The minimum absolute atomic E-state index is 0.359. The van der Waals surface area contributed by atoms with E-state index in [0.29, 0.717) is 6.10 Å². The first kappa shape index (κ1) is 14.7. The molecule has 0 aliphatic carbocycles. The lowest BCUT2D eigenvalue weighted by Gasteiger charge is -2.13. The standard InChI is InChI=1S/C14H25NOS/c1-12(2)10-15-8-4-6-13(3)16-11-14-7-5-9-17-14/h5,7,9,12-13,15H,4,6,8,10-11H2,1-3H3. The van der Waals surface area contributed by atoms with Crippen molar-refractivity contribution in [3.05, 3.63) is 22.4 Å². The van der Waals surface area contributed by atoms with Gasteiger partial charge in [0.15, 0.2) is 0 Å². The number of hydrogen-bond acceptors (Lipinski definition) is 3. The molecule has 0 aliphatic heterocycles. The van der Waals surface area contributed by atoms with Crippen LogP contribution in [0.1, 0.15) is 38.5 Å². The van der Waals surface area contributed by atoms with Crippen molar-refractivity contribution >= 4 is 11.3 Å². The molecule has 1 atom stereocenters. The highest BCUT2D eigenvalue weighted by Crippen LogP contribution is 2.12. The molecule has 1 aromatic rings. The first-order valence-corrected chi connectivity index (χ1v) is 7.41. The van der Waals surface area contributed by atoms with Gasteiger partial charge in [-0.05, 0) is 50.2 Å². The molecule has 98 valence electrons. The molecule has 3 heteroatoms. The van der Waals surface area contributed by atoms with Gasteiger partial charge in [-0.2, -0.15) is 0 Å². The molecule has 0 saturated heterocycles. The van der Waals surface area contributed by atoms with Crippen LogP contribution in [0.3, 0.4) is 0 Å². The Morgan fingerprint density at radius 2 is 2.18 bits per heavy atom. The van der Waals surface area contributed by atoms with Gasteiger partial charge in [0.2, 0.25) is 0 Å². The fraction of sp³-hybridized carbons (Fsp3) is 0.714. The van der Waals surface area contributed by atoms with Gasteiger partial charge in [-0.3, -0.25) is 0 Å². The van der Waals surface area contributed by atoms with E-state index in [1.807, 2.05) is 0 Å². The van der Waals surface area contributed by atoms with Crippen LogP contribution in [0.2, 0.25) is 0 Å². The van der Waals surface area contributed by atoms with Crippen LogP contribution in [0, 0.1) is 5.92 Å². The molecule has 1 aromatic heterocycles. The molecule has 0 radical (unpaired) electrons. The van der Waals surface area contributed by atoms with Crippen LogP contribution >= 0.6 is 11.3 Å². The maximum Gasteiger partial charge on any atom is 0.0812 e. The largest absolute Gasteiger partial charge is 0.373 e. The zero-order chi connectivity index (χ0) is 12.5. The van der Waals surface area contributed by atoms with Gasteiger partial charge in [-0.25, -0.2) is 0 Å². The predicted molar refractivity (Wildman–Crippen MR) is 75.5 cm³/mol. The first-order chi connectivity index (χ1) is 8.18. The van der Waals surface area contributed by atoms with Crippen molar-refractivity contribution in [2.45, 2.75) is 46.3 Å². The van der Waals surface area contributed by atoms with Crippen LogP contribution in [-0.4, -0.2) is 19.2 Å².